The highest BCUT2D eigenvalue weighted by molar-refractivity contribution is 5.94. The SMILES string of the molecule is CCN(C(=O)COc1c(C)cc(C)cc1C)c1cccc(C)c1. The third kappa shape index (κ3) is 4.13. The van der Waals surface area contributed by atoms with Gasteiger partial charge in [-0.05, 0) is 63.4 Å². The molecule has 23 heavy (non-hydrogen) atoms. The fraction of sp³-hybridized carbons (Fsp3) is 0.350. The molecule has 2 rings (SSSR count). The van der Waals surface area contributed by atoms with Gasteiger partial charge in [0.15, 0.2) is 6.61 Å². The predicted molar refractivity (Wildman–Crippen MR) is 95.4 cm³/mol. The maximum Gasteiger partial charge on any atom is 0.264 e. The molecule has 0 heterocycles. The normalized spacial score (nSPS) is 10.5. The van der Waals surface area contributed by atoms with Gasteiger partial charge in [0.2, 0.25) is 0 Å². The van der Waals surface area contributed by atoms with E-state index in [1.807, 2.05) is 52.0 Å². The van der Waals surface area contributed by atoms with Crippen LogP contribution in [0, 0.1) is 27.7 Å². The van der Waals surface area contributed by atoms with Crippen molar-refractivity contribution in [3.8, 4) is 5.75 Å². The molecule has 0 atom stereocenters. The standard InChI is InChI=1S/C20H25NO2/c1-6-21(18-9-7-8-14(2)12-18)19(22)13-23-20-16(4)10-15(3)11-17(20)5/h7-12H,6,13H2,1-5H3. The highest BCUT2D eigenvalue weighted by Crippen LogP contribution is 2.25. The van der Waals surface area contributed by atoms with Gasteiger partial charge in [0.25, 0.3) is 5.91 Å². The Balaban J connectivity index is 2.12. The molecular formula is C20H25NO2. The Morgan fingerprint density at radius 2 is 1.65 bits per heavy atom. The monoisotopic (exact) mass is 311 g/mol. The number of rotatable bonds is 5. The molecule has 0 aliphatic rings. The Kier molecular flexibility index (Phi) is 5.43. The van der Waals surface area contributed by atoms with Gasteiger partial charge in [0.1, 0.15) is 5.75 Å². The molecule has 0 saturated carbocycles. The minimum absolute atomic E-state index is 0.0301. The fourth-order valence-electron chi connectivity index (χ4n) is 2.91. The second-order valence-electron chi connectivity index (χ2n) is 5.99. The summed E-state index contributed by atoms with van der Waals surface area (Å²) in [7, 11) is 0. The first-order valence-corrected chi connectivity index (χ1v) is 8.00. The van der Waals surface area contributed by atoms with Crippen molar-refractivity contribution >= 4 is 11.6 Å². The number of hydrogen-bond acceptors (Lipinski definition) is 2. The van der Waals surface area contributed by atoms with Crippen LogP contribution in [-0.4, -0.2) is 19.1 Å². The van der Waals surface area contributed by atoms with Crippen LogP contribution in [0.5, 0.6) is 5.75 Å². The van der Waals surface area contributed by atoms with E-state index in [4.69, 9.17) is 4.74 Å². The van der Waals surface area contributed by atoms with Gasteiger partial charge in [0.05, 0.1) is 0 Å². The van der Waals surface area contributed by atoms with Gasteiger partial charge in [-0.2, -0.15) is 0 Å². The number of benzene rings is 2. The van der Waals surface area contributed by atoms with E-state index in [2.05, 4.69) is 19.1 Å². The number of likely N-dealkylation sites (N-methyl/N-ethyl adjacent to an activating group) is 1. The van der Waals surface area contributed by atoms with Crippen molar-refractivity contribution in [3.63, 3.8) is 0 Å². The molecule has 0 aromatic heterocycles. The average Bonchev–Trinajstić information content (AvgIpc) is 2.47. The lowest BCUT2D eigenvalue weighted by Gasteiger charge is -2.22. The lowest BCUT2D eigenvalue weighted by atomic mass is 10.1. The average molecular weight is 311 g/mol. The molecule has 0 aliphatic carbocycles. The van der Waals surface area contributed by atoms with E-state index in [1.54, 1.807) is 4.90 Å². The number of anilines is 1. The number of ether oxygens (including phenoxy) is 1. The summed E-state index contributed by atoms with van der Waals surface area (Å²) in [6, 6.07) is 12.1. The summed E-state index contributed by atoms with van der Waals surface area (Å²) in [5, 5.41) is 0. The summed E-state index contributed by atoms with van der Waals surface area (Å²) in [4.78, 5) is 14.3. The molecule has 2 aromatic rings. The number of hydrogen-bond donors (Lipinski definition) is 0. The Hall–Kier alpha value is -2.29. The van der Waals surface area contributed by atoms with Crippen LogP contribution in [0.1, 0.15) is 29.2 Å². The molecule has 0 N–H and O–H groups in total. The summed E-state index contributed by atoms with van der Waals surface area (Å²) in [5.41, 5.74) is 5.38. The maximum atomic E-state index is 12.5. The summed E-state index contributed by atoms with van der Waals surface area (Å²) in [5.74, 6) is 0.779. The summed E-state index contributed by atoms with van der Waals surface area (Å²) < 4.78 is 5.83. The molecule has 0 unspecified atom stereocenters. The maximum absolute atomic E-state index is 12.5. The molecule has 2 aromatic carbocycles. The van der Waals surface area contributed by atoms with Crippen molar-refractivity contribution in [3.05, 3.63) is 58.7 Å². The van der Waals surface area contributed by atoms with Gasteiger partial charge in [-0.1, -0.05) is 29.8 Å². The van der Waals surface area contributed by atoms with Crippen LogP contribution < -0.4 is 9.64 Å². The van der Waals surface area contributed by atoms with Crippen LogP contribution in [0.15, 0.2) is 36.4 Å². The minimum Gasteiger partial charge on any atom is -0.483 e. The molecule has 122 valence electrons. The molecular weight excluding hydrogens is 286 g/mol. The number of carbonyl (C=O) groups is 1. The summed E-state index contributed by atoms with van der Waals surface area (Å²) in [6.07, 6.45) is 0. The van der Waals surface area contributed by atoms with E-state index in [0.717, 1.165) is 28.1 Å². The molecule has 0 aliphatic heterocycles. The first kappa shape index (κ1) is 17.1. The number of aryl methyl sites for hydroxylation is 4. The Labute approximate surface area is 138 Å². The van der Waals surface area contributed by atoms with Crippen LogP contribution in [0.2, 0.25) is 0 Å². The summed E-state index contributed by atoms with van der Waals surface area (Å²) >= 11 is 0. The van der Waals surface area contributed by atoms with Crippen molar-refractivity contribution in [2.75, 3.05) is 18.1 Å². The van der Waals surface area contributed by atoms with Gasteiger partial charge >= 0.3 is 0 Å². The van der Waals surface area contributed by atoms with Gasteiger partial charge in [-0.15, -0.1) is 0 Å². The molecule has 1 amide bonds. The first-order chi connectivity index (χ1) is 10.9. The summed E-state index contributed by atoms with van der Waals surface area (Å²) in [6.45, 7) is 10.8. The van der Waals surface area contributed by atoms with E-state index in [1.165, 1.54) is 5.56 Å². The van der Waals surface area contributed by atoms with E-state index in [0.29, 0.717) is 6.54 Å². The van der Waals surface area contributed by atoms with Crippen molar-refractivity contribution in [1.82, 2.24) is 0 Å². The molecule has 0 saturated heterocycles. The second kappa shape index (κ2) is 7.32. The highest BCUT2D eigenvalue weighted by atomic mass is 16.5. The van der Waals surface area contributed by atoms with E-state index in [9.17, 15) is 4.79 Å². The zero-order valence-corrected chi connectivity index (χ0v) is 14.6. The Morgan fingerprint density at radius 3 is 2.22 bits per heavy atom. The van der Waals surface area contributed by atoms with Gasteiger partial charge < -0.3 is 9.64 Å². The molecule has 3 heteroatoms. The predicted octanol–water partition coefficient (Wildman–Crippen LogP) is 4.35. The lowest BCUT2D eigenvalue weighted by molar-refractivity contribution is -0.120. The fourth-order valence-corrected chi connectivity index (χ4v) is 2.91. The van der Waals surface area contributed by atoms with Crippen molar-refractivity contribution in [2.24, 2.45) is 0 Å². The van der Waals surface area contributed by atoms with Crippen molar-refractivity contribution < 1.29 is 9.53 Å². The third-order valence-electron chi connectivity index (χ3n) is 3.88. The zero-order chi connectivity index (χ0) is 17.0. The van der Waals surface area contributed by atoms with E-state index >= 15 is 0 Å². The van der Waals surface area contributed by atoms with Crippen LogP contribution in [0.25, 0.3) is 0 Å². The molecule has 0 fully saturated rings. The number of amides is 1. The minimum atomic E-state index is -0.0301. The quantitative estimate of drug-likeness (QED) is 0.821. The molecule has 0 bridgehead atoms. The number of nitrogens with zero attached hydrogens (tertiary/aromatic N) is 1. The largest absolute Gasteiger partial charge is 0.483 e. The Morgan fingerprint density at radius 1 is 1.00 bits per heavy atom. The van der Waals surface area contributed by atoms with Crippen molar-refractivity contribution in [2.45, 2.75) is 34.6 Å². The third-order valence-corrected chi connectivity index (χ3v) is 3.88. The topological polar surface area (TPSA) is 29.5 Å². The van der Waals surface area contributed by atoms with Gasteiger partial charge in [-0.3, -0.25) is 4.79 Å². The van der Waals surface area contributed by atoms with Gasteiger partial charge in [-0.25, -0.2) is 0 Å². The van der Waals surface area contributed by atoms with Crippen LogP contribution in [0.3, 0.4) is 0 Å². The van der Waals surface area contributed by atoms with Crippen LogP contribution >= 0.6 is 0 Å². The van der Waals surface area contributed by atoms with E-state index < -0.39 is 0 Å². The smallest absolute Gasteiger partial charge is 0.264 e. The Bertz CT molecular complexity index is 684. The second-order valence-corrected chi connectivity index (χ2v) is 5.99. The zero-order valence-electron chi connectivity index (χ0n) is 14.6. The molecule has 3 nitrogen and oxygen atoms in total. The molecule has 0 radical (unpaired) electrons. The van der Waals surface area contributed by atoms with Crippen LogP contribution in [0.4, 0.5) is 5.69 Å². The van der Waals surface area contributed by atoms with Gasteiger partial charge in [0, 0.05) is 12.2 Å². The molecule has 0 spiro atoms. The number of carbonyl (C=O) groups excluding carboxylic acids is 1. The van der Waals surface area contributed by atoms with Crippen LogP contribution in [-0.2, 0) is 4.79 Å². The lowest BCUT2D eigenvalue weighted by Crippen LogP contribution is -2.35. The highest BCUT2D eigenvalue weighted by Gasteiger charge is 2.16. The van der Waals surface area contributed by atoms with Crippen molar-refractivity contribution in [1.29, 1.82) is 0 Å². The van der Waals surface area contributed by atoms with E-state index in [-0.39, 0.29) is 12.5 Å². The first-order valence-electron chi connectivity index (χ1n) is 8.00.